The first-order valence-electron chi connectivity index (χ1n) is 6.93. The van der Waals surface area contributed by atoms with E-state index >= 15 is 0 Å². The molecule has 3 heteroatoms. The Hall–Kier alpha value is -0.570. The lowest BCUT2D eigenvalue weighted by Crippen LogP contribution is -2.42. The summed E-state index contributed by atoms with van der Waals surface area (Å²) in [5.41, 5.74) is 5.26. The second kappa shape index (κ2) is 6.39. The zero-order chi connectivity index (χ0) is 12.9. The molecule has 100 valence electrons. The molecular formula is C14H28N2O. The Labute approximate surface area is 106 Å². The number of hydrogen-bond donors (Lipinski definition) is 1. The highest BCUT2D eigenvalue weighted by molar-refractivity contribution is 5.81. The van der Waals surface area contributed by atoms with Crippen LogP contribution in [0.1, 0.15) is 52.4 Å². The maximum atomic E-state index is 12.3. The SMILES string of the molecule is CN(CC1CCCCC1)C(=O)C(C)(C)CCN. The molecule has 0 spiro atoms. The maximum absolute atomic E-state index is 12.3. The van der Waals surface area contributed by atoms with Crippen molar-refractivity contribution in [2.75, 3.05) is 20.1 Å². The minimum absolute atomic E-state index is 0.244. The van der Waals surface area contributed by atoms with Crippen molar-refractivity contribution >= 4 is 5.91 Å². The van der Waals surface area contributed by atoms with Crippen molar-refractivity contribution in [3.05, 3.63) is 0 Å². The van der Waals surface area contributed by atoms with E-state index < -0.39 is 0 Å². The van der Waals surface area contributed by atoms with Crippen molar-refractivity contribution in [2.45, 2.75) is 52.4 Å². The van der Waals surface area contributed by atoms with Crippen molar-refractivity contribution in [2.24, 2.45) is 17.1 Å². The van der Waals surface area contributed by atoms with Crippen LogP contribution in [0.3, 0.4) is 0 Å². The molecule has 1 fully saturated rings. The van der Waals surface area contributed by atoms with Crippen LogP contribution in [0.2, 0.25) is 0 Å². The van der Waals surface area contributed by atoms with Crippen molar-refractivity contribution in [1.82, 2.24) is 4.90 Å². The molecule has 2 N–H and O–H groups in total. The average Bonchev–Trinajstić information content (AvgIpc) is 2.29. The van der Waals surface area contributed by atoms with Crippen molar-refractivity contribution in [3.63, 3.8) is 0 Å². The largest absolute Gasteiger partial charge is 0.345 e. The van der Waals surface area contributed by atoms with Crippen LogP contribution in [-0.2, 0) is 4.79 Å². The quantitative estimate of drug-likeness (QED) is 0.802. The lowest BCUT2D eigenvalue weighted by atomic mass is 9.86. The van der Waals surface area contributed by atoms with Gasteiger partial charge in [-0.05, 0) is 31.7 Å². The number of nitrogens with two attached hydrogens (primary N) is 1. The first-order valence-corrected chi connectivity index (χ1v) is 6.93. The van der Waals surface area contributed by atoms with Gasteiger partial charge in [-0.25, -0.2) is 0 Å². The van der Waals surface area contributed by atoms with Crippen molar-refractivity contribution in [3.8, 4) is 0 Å². The van der Waals surface area contributed by atoms with Gasteiger partial charge in [-0.15, -0.1) is 0 Å². The molecule has 1 amide bonds. The fourth-order valence-electron chi connectivity index (χ4n) is 2.82. The van der Waals surface area contributed by atoms with E-state index in [1.807, 2.05) is 25.8 Å². The summed E-state index contributed by atoms with van der Waals surface area (Å²) in [5, 5.41) is 0. The molecule has 0 saturated heterocycles. The molecule has 0 unspecified atom stereocenters. The van der Waals surface area contributed by atoms with Gasteiger partial charge in [-0.3, -0.25) is 4.79 Å². The van der Waals surface area contributed by atoms with Crippen LogP contribution in [0.4, 0.5) is 0 Å². The molecule has 0 atom stereocenters. The van der Waals surface area contributed by atoms with Crippen LogP contribution in [0.5, 0.6) is 0 Å². The molecule has 1 saturated carbocycles. The van der Waals surface area contributed by atoms with E-state index in [9.17, 15) is 4.79 Å². The molecule has 3 nitrogen and oxygen atoms in total. The van der Waals surface area contributed by atoms with E-state index in [0.717, 1.165) is 13.0 Å². The van der Waals surface area contributed by atoms with Crippen LogP contribution < -0.4 is 5.73 Å². The molecular weight excluding hydrogens is 212 g/mol. The van der Waals surface area contributed by atoms with E-state index in [2.05, 4.69) is 0 Å². The highest BCUT2D eigenvalue weighted by Gasteiger charge is 2.30. The zero-order valence-corrected chi connectivity index (χ0v) is 11.7. The van der Waals surface area contributed by atoms with Gasteiger partial charge in [0.25, 0.3) is 0 Å². The van der Waals surface area contributed by atoms with Gasteiger partial charge in [0.2, 0.25) is 5.91 Å². The molecule has 0 aromatic carbocycles. The van der Waals surface area contributed by atoms with Gasteiger partial charge >= 0.3 is 0 Å². The fraction of sp³-hybridized carbons (Fsp3) is 0.929. The second-order valence-corrected chi connectivity index (χ2v) is 6.11. The monoisotopic (exact) mass is 240 g/mol. The lowest BCUT2D eigenvalue weighted by molar-refractivity contribution is -0.140. The third-order valence-electron chi connectivity index (χ3n) is 3.95. The van der Waals surface area contributed by atoms with Crippen LogP contribution in [-0.4, -0.2) is 30.9 Å². The highest BCUT2D eigenvalue weighted by atomic mass is 16.2. The van der Waals surface area contributed by atoms with Gasteiger partial charge in [-0.1, -0.05) is 33.1 Å². The van der Waals surface area contributed by atoms with Gasteiger partial charge < -0.3 is 10.6 Å². The predicted octanol–water partition coefficient (Wildman–Crippen LogP) is 2.40. The first-order chi connectivity index (χ1) is 7.97. The standard InChI is InChI=1S/C14H28N2O/c1-14(2,9-10-15)13(17)16(3)11-12-7-5-4-6-8-12/h12H,4-11,15H2,1-3H3. The van der Waals surface area contributed by atoms with Crippen molar-refractivity contribution in [1.29, 1.82) is 0 Å². The van der Waals surface area contributed by atoms with Gasteiger partial charge in [0, 0.05) is 19.0 Å². The summed E-state index contributed by atoms with van der Waals surface area (Å²) in [6, 6.07) is 0. The average molecular weight is 240 g/mol. The Balaban J connectivity index is 2.45. The summed E-state index contributed by atoms with van der Waals surface area (Å²) in [6.45, 7) is 5.50. The third-order valence-corrected chi connectivity index (χ3v) is 3.95. The Morgan fingerprint density at radius 1 is 1.29 bits per heavy atom. The molecule has 0 aromatic heterocycles. The molecule has 0 aromatic rings. The smallest absolute Gasteiger partial charge is 0.228 e. The predicted molar refractivity (Wildman–Crippen MR) is 71.7 cm³/mol. The molecule has 0 bridgehead atoms. The summed E-state index contributed by atoms with van der Waals surface area (Å²) in [6.07, 6.45) is 7.37. The van der Waals surface area contributed by atoms with Crippen LogP contribution in [0.25, 0.3) is 0 Å². The van der Waals surface area contributed by atoms with E-state index in [0.29, 0.717) is 12.5 Å². The lowest BCUT2D eigenvalue weighted by Gasteiger charge is -2.32. The van der Waals surface area contributed by atoms with Crippen LogP contribution in [0, 0.1) is 11.3 Å². The minimum Gasteiger partial charge on any atom is -0.345 e. The minimum atomic E-state index is -0.307. The molecule has 1 aliphatic rings. The molecule has 0 heterocycles. The summed E-state index contributed by atoms with van der Waals surface area (Å²) < 4.78 is 0. The van der Waals surface area contributed by atoms with Crippen LogP contribution in [0.15, 0.2) is 0 Å². The van der Waals surface area contributed by atoms with Gasteiger partial charge in [0.15, 0.2) is 0 Å². The molecule has 0 aliphatic heterocycles. The maximum Gasteiger partial charge on any atom is 0.228 e. The Morgan fingerprint density at radius 2 is 1.88 bits per heavy atom. The summed E-state index contributed by atoms with van der Waals surface area (Å²) in [4.78, 5) is 14.2. The fourth-order valence-corrected chi connectivity index (χ4v) is 2.82. The highest BCUT2D eigenvalue weighted by Crippen LogP contribution is 2.27. The number of nitrogens with zero attached hydrogens (tertiary/aromatic N) is 1. The summed E-state index contributed by atoms with van der Waals surface area (Å²) >= 11 is 0. The second-order valence-electron chi connectivity index (χ2n) is 6.11. The normalized spacial score (nSPS) is 18.1. The van der Waals surface area contributed by atoms with E-state index in [-0.39, 0.29) is 11.3 Å². The third kappa shape index (κ3) is 4.30. The van der Waals surface area contributed by atoms with E-state index in [4.69, 9.17) is 5.73 Å². The van der Waals surface area contributed by atoms with Gasteiger partial charge in [-0.2, -0.15) is 0 Å². The number of amides is 1. The van der Waals surface area contributed by atoms with Crippen LogP contribution >= 0.6 is 0 Å². The molecule has 1 rings (SSSR count). The zero-order valence-electron chi connectivity index (χ0n) is 11.7. The van der Waals surface area contributed by atoms with E-state index in [1.165, 1.54) is 32.1 Å². The summed E-state index contributed by atoms with van der Waals surface area (Å²) in [5.74, 6) is 0.958. The Bertz CT molecular complexity index is 245. The molecule has 0 radical (unpaired) electrons. The molecule has 1 aliphatic carbocycles. The number of rotatable bonds is 5. The summed E-state index contributed by atoms with van der Waals surface area (Å²) in [7, 11) is 1.94. The van der Waals surface area contributed by atoms with Crippen molar-refractivity contribution < 1.29 is 4.79 Å². The molecule has 17 heavy (non-hydrogen) atoms. The number of hydrogen-bond acceptors (Lipinski definition) is 2. The first kappa shape index (κ1) is 14.5. The van der Waals surface area contributed by atoms with Gasteiger partial charge in [0.1, 0.15) is 0 Å². The topological polar surface area (TPSA) is 46.3 Å². The number of carbonyl (C=O) groups excluding carboxylic acids is 1. The van der Waals surface area contributed by atoms with E-state index in [1.54, 1.807) is 0 Å². The Morgan fingerprint density at radius 3 is 2.41 bits per heavy atom. The van der Waals surface area contributed by atoms with Gasteiger partial charge in [0.05, 0.1) is 0 Å². The number of carbonyl (C=O) groups is 1. The Kier molecular flexibility index (Phi) is 5.44.